The molecule has 0 unspecified atom stereocenters. The fourth-order valence-corrected chi connectivity index (χ4v) is 2.50. The molecule has 2 heterocycles. The molecule has 0 aliphatic rings. The third-order valence-corrected chi connectivity index (χ3v) is 3.67. The maximum Gasteiger partial charge on any atom is 0.358 e. The number of hydrogen-bond donors (Lipinski definition) is 1. The van der Waals surface area contributed by atoms with Crippen molar-refractivity contribution < 1.29 is 9.53 Å². The third kappa shape index (κ3) is 3.93. The minimum absolute atomic E-state index is 0.219. The van der Waals surface area contributed by atoms with Crippen LogP contribution in [0.3, 0.4) is 0 Å². The van der Waals surface area contributed by atoms with Gasteiger partial charge in [-0.05, 0) is 6.92 Å². The van der Waals surface area contributed by atoms with E-state index in [9.17, 15) is 4.79 Å². The van der Waals surface area contributed by atoms with Crippen LogP contribution in [-0.2, 0) is 11.3 Å². The first-order chi connectivity index (χ1) is 10.1. The number of imidazole rings is 1. The second kappa shape index (κ2) is 7.06. The van der Waals surface area contributed by atoms with E-state index in [1.54, 1.807) is 24.0 Å². The molecule has 0 aromatic carbocycles. The van der Waals surface area contributed by atoms with Crippen LogP contribution < -0.4 is 5.32 Å². The average molecular weight is 326 g/mol. The van der Waals surface area contributed by atoms with Crippen molar-refractivity contribution in [2.45, 2.75) is 13.5 Å². The Morgan fingerprint density at radius 1 is 1.67 bits per heavy atom. The lowest BCUT2D eigenvalue weighted by molar-refractivity contribution is 0.0520. The van der Waals surface area contributed by atoms with Crippen molar-refractivity contribution in [2.75, 3.05) is 18.5 Å². The molecule has 0 atom stereocenters. The highest BCUT2D eigenvalue weighted by molar-refractivity contribution is 7.19. The van der Waals surface area contributed by atoms with Crippen molar-refractivity contribution in [3.05, 3.63) is 28.2 Å². The van der Waals surface area contributed by atoms with Crippen LogP contribution in [0.1, 0.15) is 23.1 Å². The standard InChI is InChI=1S/C12H12ClN5O2S/c1-2-20-11(19)9-6-18(7-16-9)4-3-15-12-17-8(5-14)10(13)21-12/h6-7H,2-4H2,1H3,(H,15,17). The maximum absolute atomic E-state index is 11.5. The zero-order valence-electron chi connectivity index (χ0n) is 11.2. The summed E-state index contributed by atoms with van der Waals surface area (Å²) in [5, 5.41) is 12.4. The van der Waals surface area contributed by atoms with Gasteiger partial charge in [0.1, 0.15) is 10.4 Å². The Hall–Kier alpha value is -2.11. The topological polar surface area (TPSA) is 92.8 Å². The Labute approximate surface area is 130 Å². The second-order valence-corrected chi connectivity index (χ2v) is 5.50. The van der Waals surface area contributed by atoms with Crippen molar-refractivity contribution in [1.29, 1.82) is 5.26 Å². The number of aromatic nitrogens is 3. The predicted molar refractivity (Wildman–Crippen MR) is 78.5 cm³/mol. The number of rotatable bonds is 6. The maximum atomic E-state index is 11.5. The van der Waals surface area contributed by atoms with Crippen LogP contribution >= 0.6 is 22.9 Å². The molecule has 7 nitrogen and oxygen atoms in total. The molecule has 0 aliphatic heterocycles. The summed E-state index contributed by atoms with van der Waals surface area (Å²) < 4.78 is 6.99. The van der Waals surface area contributed by atoms with Gasteiger partial charge in [-0.2, -0.15) is 5.26 Å². The fraction of sp³-hybridized carbons (Fsp3) is 0.333. The van der Waals surface area contributed by atoms with Gasteiger partial charge in [-0.25, -0.2) is 14.8 Å². The number of esters is 1. The molecule has 0 aliphatic carbocycles. The minimum atomic E-state index is -0.436. The fourth-order valence-electron chi connectivity index (χ4n) is 1.53. The van der Waals surface area contributed by atoms with Crippen LogP contribution in [0.25, 0.3) is 0 Å². The smallest absolute Gasteiger partial charge is 0.358 e. The van der Waals surface area contributed by atoms with Crippen molar-refractivity contribution in [2.24, 2.45) is 0 Å². The summed E-state index contributed by atoms with van der Waals surface area (Å²) in [6.45, 7) is 3.21. The summed E-state index contributed by atoms with van der Waals surface area (Å²) >= 11 is 7.05. The second-order valence-electron chi connectivity index (χ2n) is 3.90. The summed E-state index contributed by atoms with van der Waals surface area (Å²) in [7, 11) is 0. The number of nitrogens with zero attached hydrogens (tertiary/aromatic N) is 4. The normalized spacial score (nSPS) is 10.1. The molecule has 0 amide bonds. The average Bonchev–Trinajstić information content (AvgIpc) is 3.06. The molecule has 110 valence electrons. The molecule has 0 fully saturated rings. The minimum Gasteiger partial charge on any atom is -0.461 e. The van der Waals surface area contributed by atoms with E-state index >= 15 is 0 Å². The lowest BCUT2D eigenvalue weighted by atomic mass is 10.5. The van der Waals surface area contributed by atoms with E-state index in [2.05, 4.69) is 15.3 Å². The monoisotopic (exact) mass is 325 g/mol. The molecule has 2 rings (SSSR count). The van der Waals surface area contributed by atoms with E-state index in [1.165, 1.54) is 11.3 Å². The first kappa shape index (κ1) is 15.3. The van der Waals surface area contributed by atoms with Crippen LogP contribution in [0.5, 0.6) is 0 Å². The number of nitrogens with one attached hydrogen (secondary N) is 1. The van der Waals surface area contributed by atoms with Gasteiger partial charge in [0.25, 0.3) is 0 Å². The molecule has 0 radical (unpaired) electrons. The van der Waals surface area contributed by atoms with Crippen LogP contribution in [0.2, 0.25) is 4.34 Å². The van der Waals surface area contributed by atoms with E-state index in [-0.39, 0.29) is 11.4 Å². The predicted octanol–water partition coefficient (Wildman–Crippen LogP) is 2.15. The Morgan fingerprint density at radius 3 is 3.14 bits per heavy atom. The van der Waals surface area contributed by atoms with E-state index in [1.807, 2.05) is 6.07 Å². The first-order valence-electron chi connectivity index (χ1n) is 6.13. The molecule has 2 aromatic rings. The number of ether oxygens (including phenoxy) is 1. The SMILES string of the molecule is CCOC(=O)c1cn(CCNc2nc(C#N)c(Cl)s2)cn1. The quantitative estimate of drug-likeness (QED) is 0.818. The summed E-state index contributed by atoms with van der Waals surface area (Å²) in [4.78, 5) is 19.5. The number of carbonyl (C=O) groups is 1. The van der Waals surface area contributed by atoms with Gasteiger partial charge in [0.15, 0.2) is 16.5 Å². The summed E-state index contributed by atoms with van der Waals surface area (Å²) in [6.07, 6.45) is 3.18. The zero-order chi connectivity index (χ0) is 15.2. The van der Waals surface area contributed by atoms with Crippen molar-refractivity contribution in [3.8, 4) is 6.07 Å². The summed E-state index contributed by atoms with van der Waals surface area (Å²) in [5.41, 5.74) is 0.498. The molecular weight excluding hydrogens is 314 g/mol. The Morgan fingerprint density at radius 2 is 2.48 bits per heavy atom. The molecule has 0 saturated heterocycles. The Bertz CT molecular complexity index is 675. The molecule has 21 heavy (non-hydrogen) atoms. The van der Waals surface area contributed by atoms with E-state index in [4.69, 9.17) is 21.6 Å². The highest BCUT2D eigenvalue weighted by Crippen LogP contribution is 2.26. The number of nitriles is 1. The van der Waals surface area contributed by atoms with Crippen LogP contribution in [0, 0.1) is 11.3 Å². The number of carbonyl (C=O) groups excluding carboxylic acids is 1. The van der Waals surface area contributed by atoms with Crippen LogP contribution in [-0.4, -0.2) is 33.7 Å². The molecule has 0 spiro atoms. The number of hydrogen-bond acceptors (Lipinski definition) is 7. The van der Waals surface area contributed by atoms with Crippen molar-refractivity contribution >= 4 is 34.0 Å². The molecule has 0 saturated carbocycles. The molecule has 1 N–H and O–H groups in total. The summed E-state index contributed by atoms with van der Waals surface area (Å²) in [6, 6.07) is 1.91. The Balaban J connectivity index is 1.86. The Kier molecular flexibility index (Phi) is 5.14. The van der Waals surface area contributed by atoms with Gasteiger partial charge in [-0.15, -0.1) is 0 Å². The molecule has 9 heteroatoms. The molecule has 0 bridgehead atoms. The van der Waals surface area contributed by atoms with Gasteiger partial charge in [0.2, 0.25) is 0 Å². The lowest BCUT2D eigenvalue weighted by Gasteiger charge is -2.02. The zero-order valence-corrected chi connectivity index (χ0v) is 12.7. The summed E-state index contributed by atoms with van der Waals surface area (Å²) in [5.74, 6) is -0.436. The van der Waals surface area contributed by atoms with Crippen LogP contribution in [0.15, 0.2) is 12.5 Å². The van der Waals surface area contributed by atoms with Gasteiger partial charge < -0.3 is 14.6 Å². The number of anilines is 1. The number of halogens is 1. The van der Waals surface area contributed by atoms with Gasteiger partial charge in [-0.1, -0.05) is 22.9 Å². The first-order valence-corrected chi connectivity index (χ1v) is 7.32. The van der Waals surface area contributed by atoms with Gasteiger partial charge in [0, 0.05) is 19.3 Å². The number of thiazole rings is 1. The van der Waals surface area contributed by atoms with Gasteiger partial charge in [-0.3, -0.25) is 0 Å². The van der Waals surface area contributed by atoms with E-state index in [0.717, 1.165) is 0 Å². The molecular formula is C12H12ClN5O2S. The van der Waals surface area contributed by atoms with Crippen molar-refractivity contribution in [3.63, 3.8) is 0 Å². The van der Waals surface area contributed by atoms with Gasteiger partial charge in [0.05, 0.1) is 12.9 Å². The molecule has 2 aromatic heterocycles. The highest BCUT2D eigenvalue weighted by Gasteiger charge is 2.10. The largest absolute Gasteiger partial charge is 0.461 e. The van der Waals surface area contributed by atoms with E-state index < -0.39 is 5.97 Å². The lowest BCUT2D eigenvalue weighted by Crippen LogP contribution is -2.09. The third-order valence-electron chi connectivity index (χ3n) is 2.46. The van der Waals surface area contributed by atoms with Crippen molar-refractivity contribution in [1.82, 2.24) is 14.5 Å². The van der Waals surface area contributed by atoms with Crippen LogP contribution in [0.4, 0.5) is 5.13 Å². The van der Waals surface area contributed by atoms with Gasteiger partial charge >= 0.3 is 5.97 Å². The highest BCUT2D eigenvalue weighted by atomic mass is 35.5. The van der Waals surface area contributed by atoms with E-state index in [0.29, 0.717) is 29.2 Å².